The normalized spacial score (nSPS) is 10.9. The SMILES string of the molecule is CC(C)=CCN(C)CCC(C)C. The van der Waals surface area contributed by atoms with Gasteiger partial charge in [0.15, 0.2) is 0 Å². The number of likely N-dealkylation sites (N-methyl/N-ethyl adjacent to an activating group) is 1. The largest absolute Gasteiger partial charge is 0.303 e. The molecule has 72 valence electrons. The van der Waals surface area contributed by atoms with Gasteiger partial charge in [-0.25, -0.2) is 0 Å². The van der Waals surface area contributed by atoms with E-state index in [2.05, 4.69) is 45.7 Å². The molecule has 0 aliphatic rings. The van der Waals surface area contributed by atoms with Crippen molar-refractivity contribution in [2.45, 2.75) is 34.1 Å². The molecule has 12 heavy (non-hydrogen) atoms. The van der Waals surface area contributed by atoms with Crippen molar-refractivity contribution >= 4 is 0 Å². The van der Waals surface area contributed by atoms with Crippen molar-refractivity contribution in [2.75, 3.05) is 20.1 Å². The van der Waals surface area contributed by atoms with Crippen LogP contribution in [0.2, 0.25) is 0 Å². The molecule has 0 rings (SSSR count). The number of rotatable bonds is 5. The summed E-state index contributed by atoms with van der Waals surface area (Å²) in [4.78, 5) is 2.37. The maximum absolute atomic E-state index is 2.37. The Morgan fingerprint density at radius 1 is 1.33 bits per heavy atom. The van der Waals surface area contributed by atoms with Crippen LogP contribution in [0.25, 0.3) is 0 Å². The maximum Gasteiger partial charge on any atom is 0.0162 e. The van der Waals surface area contributed by atoms with Crippen molar-refractivity contribution in [1.82, 2.24) is 4.90 Å². The van der Waals surface area contributed by atoms with Crippen LogP contribution in [0.4, 0.5) is 0 Å². The van der Waals surface area contributed by atoms with Gasteiger partial charge in [-0.1, -0.05) is 25.5 Å². The third kappa shape index (κ3) is 7.80. The molecular formula is C11H23N. The lowest BCUT2D eigenvalue weighted by molar-refractivity contribution is 0.339. The Balaban J connectivity index is 3.46. The number of nitrogens with zero attached hydrogens (tertiary/aromatic N) is 1. The molecule has 0 aromatic carbocycles. The minimum Gasteiger partial charge on any atom is -0.303 e. The lowest BCUT2D eigenvalue weighted by Gasteiger charge is -2.15. The van der Waals surface area contributed by atoms with Gasteiger partial charge in [-0.2, -0.15) is 0 Å². The van der Waals surface area contributed by atoms with E-state index in [1.165, 1.54) is 18.5 Å². The zero-order chi connectivity index (χ0) is 9.56. The van der Waals surface area contributed by atoms with Crippen LogP contribution in [-0.2, 0) is 0 Å². The molecule has 0 spiro atoms. The van der Waals surface area contributed by atoms with Gasteiger partial charge in [0.05, 0.1) is 0 Å². The zero-order valence-electron chi connectivity index (χ0n) is 9.22. The van der Waals surface area contributed by atoms with Crippen molar-refractivity contribution in [3.05, 3.63) is 11.6 Å². The molecule has 0 heterocycles. The van der Waals surface area contributed by atoms with Crippen LogP contribution in [0.15, 0.2) is 11.6 Å². The summed E-state index contributed by atoms with van der Waals surface area (Å²) in [6.07, 6.45) is 3.58. The predicted molar refractivity (Wildman–Crippen MR) is 56.4 cm³/mol. The number of hydrogen-bond donors (Lipinski definition) is 0. The summed E-state index contributed by atoms with van der Waals surface area (Å²) in [5.74, 6) is 0.819. The number of allylic oxidation sites excluding steroid dienone is 1. The van der Waals surface area contributed by atoms with Crippen molar-refractivity contribution in [1.29, 1.82) is 0 Å². The minimum atomic E-state index is 0.819. The zero-order valence-corrected chi connectivity index (χ0v) is 9.22. The van der Waals surface area contributed by atoms with Crippen molar-refractivity contribution in [3.8, 4) is 0 Å². The molecule has 0 aromatic rings. The highest BCUT2D eigenvalue weighted by molar-refractivity contribution is 4.94. The Morgan fingerprint density at radius 3 is 2.33 bits per heavy atom. The second-order valence-electron chi connectivity index (χ2n) is 4.23. The van der Waals surface area contributed by atoms with Gasteiger partial charge in [0.2, 0.25) is 0 Å². The summed E-state index contributed by atoms with van der Waals surface area (Å²) in [7, 11) is 2.18. The first-order valence-corrected chi connectivity index (χ1v) is 4.84. The van der Waals surface area contributed by atoms with Crippen LogP contribution in [0.1, 0.15) is 34.1 Å². The molecule has 0 aliphatic heterocycles. The van der Waals surface area contributed by atoms with Gasteiger partial charge in [-0.15, -0.1) is 0 Å². The lowest BCUT2D eigenvalue weighted by Crippen LogP contribution is -2.20. The summed E-state index contributed by atoms with van der Waals surface area (Å²) in [5.41, 5.74) is 1.41. The molecule has 0 atom stereocenters. The molecule has 0 radical (unpaired) electrons. The monoisotopic (exact) mass is 169 g/mol. The Morgan fingerprint density at radius 2 is 1.92 bits per heavy atom. The second-order valence-corrected chi connectivity index (χ2v) is 4.23. The van der Waals surface area contributed by atoms with Crippen molar-refractivity contribution in [3.63, 3.8) is 0 Å². The molecule has 0 unspecified atom stereocenters. The molecule has 0 saturated carbocycles. The smallest absolute Gasteiger partial charge is 0.0162 e. The minimum absolute atomic E-state index is 0.819. The fraction of sp³-hybridized carbons (Fsp3) is 0.818. The van der Waals surface area contributed by atoms with Gasteiger partial charge in [-0.3, -0.25) is 0 Å². The van der Waals surface area contributed by atoms with E-state index in [4.69, 9.17) is 0 Å². The third-order valence-corrected chi connectivity index (χ3v) is 1.90. The quantitative estimate of drug-likeness (QED) is 0.572. The predicted octanol–water partition coefficient (Wildman–Crippen LogP) is 2.93. The van der Waals surface area contributed by atoms with Gasteiger partial charge in [0.1, 0.15) is 0 Å². The van der Waals surface area contributed by atoms with Crippen LogP contribution in [0.3, 0.4) is 0 Å². The molecular weight excluding hydrogens is 146 g/mol. The second kappa shape index (κ2) is 6.24. The van der Waals surface area contributed by atoms with E-state index in [9.17, 15) is 0 Å². The van der Waals surface area contributed by atoms with Crippen LogP contribution >= 0.6 is 0 Å². The van der Waals surface area contributed by atoms with Crippen LogP contribution in [-0.4, -0.2) is 25.0 Å². The van der Waals surface area contributed by atoms with Crippen molar-refractivity contribution in [2.24, 2.45) is 5.92 Å². The summed E-state index contributed by atoms with van der Waals surface area (Å²) in [6.45, 7) is 11.1. The first-order chi connectivity index (χ1) is 5.52. The van der Waals surface area contributed by atoms with Crippen molar-refractivity contribution < 1.29 is 0 Å². The highest BCUT2D eigenvalue weighted by Crippen LogP contribution is 2.00. The Hall–Kier alpha value is -0.300. The molecule has 0 fully saturated rings. The van der Waals surface area contributed by atoms with E-state index in [1.54, 1.807) is 0 Å². The van der Waals surface area contributed by atoms with Gasteiger partial charge in [0.25, 0.3) is 0 Å². The van der Waals surface area contributed by atoms with Crippen LogP contribution in [0.5, 0.6) is 0 Å². The lowest BCUT2D eigenvalue weighted by atomic mass is 10.1. The number of hydrogen-bond acceptors (Lipinski definition) is 1. The van der Waals surface area contributed by atoms with E-state index in [-0.39, 0.29) is 0 Å². The van der Waals surface area contributed by atoms with Gasteiger partial charge < -0.3 is 4.90 Å². The average molecular weight is 169 g/mol. The molecule has 1 nitrogen and oxygen atoms in total. The first kappa shape index (κ1) is 11.7. The van der Waals surface area contributed by atoms with Gasteiger partial charge in [-0.05, 0) is 39.8 Å². The Labute approximate surface area is 77.5 Å². The molecule has 1 heteroatoms. The van der Waals surface area contributed by atoms with E-state index < -0.39 is 0 Å². The summed E-state index contributed by atoms with van der Waals surface area (Å²) in [5, 5.41) is 0. The van der Waals surface area contributed by atoms with Crippen LogP contribution in [0, 0.1) is 5.92 Å². The summed E-state index contributed by atoms with van der Waals surface area (Å²) < 4.78 is 0. The average Bonchev–Trinajstić information content (AvgIpc) is 1.96. The molecule has 0 amide bonds. The molecule has 0 N–H and O–H groups in total. The fourth-order valence-electron chi connectivity index (χ4n) is 0.908. The molecule has 0 aliphatic carbocycles. The fourth-order valence-corrected chi connectivity index (χ4v) is 0.908. The van der Waals surface area contributed by atoms with Crippen LogP contribution < -0.4 is 0 Å². The Bertz CT molecular complexity index is 132. The third-order valence-electron chi connectivity index (χ3n) is 1.90. The molecule has 0 bridgehead atoms. The highest BCUT2D eigenvalue weighted by atomic mass is 15.1. The standard InChI is InChI=1S/C11H23N/c1-10(2)6-8-12(5)9-7-11(3)4/h6,11H,7-9H2,1-5H3. The molecule has 0 saturated heterocycles. The van der Waals surface area contributed by atoms with E-state index in [1.807, 2.05) is 0 Å². The first-order valence-electron chi connectivity index (χ1n) is 4.84. The van der Waals surface area contributed by atoms with Gasteiger partial charge in [0, 0.05) is 6.54 Å². The summed E-state index contributed by atoms with van der Waals surface area (Å²) in [6, 6.07) is 0. The van der Waals surface area contributed by atoms with Gasteiger partial charge >= 0.3 is 0 Å². The topological polar surface area (TPSA) is 3.24 Å². The van der Waals surface area contributed by atoms with E-state index in [0.29, 0.717) is 0 Å². The Kier molecular flexibility index (Phi) is 6.09. The maximum atomic E-state index is 2.37. The van der Waals surface area contributed by atoms with E-state index >= 15 is 0 Å². The molecule has 0 aromatic heterocycles. The van der Waals surface area contributed by atoms with E-state index in [0.717, 1.165) is 12.5 Å². The highest BCUT2D eigenvalue weighted by Gasteiger charge is 1.97. The summed E-state index contributed by atoms with van der Waals surface area (Å²) >= 11 is 0.